The number of nitrogens with one attached hydrogen (secondary N) is 1. The Labute approximate surface area is 136 Å². The van der Waals surface area contributed by atoms with Crippen LogP contribution in [0.5, 0.6) is 0 Å². The molecule has 2 heterocycles. The van der Waals surface area contributed by atoms with Gasteiger partial charge < -0.3 is 4.98 Å². The summed E-state index contributed by atoms with van der Waals surface area (Å²) in [6.45, 7) is 4.01. The summed E-state index contributed by atoms with van der Waals surface area (Å²) in [4.78, 5) is 7.50. The Kier molecular flexibility index (Phi) is 3.41. The monoisotopic (exact) mass is 334 g/mol. The number of benzene rings is 1. The molecule has 0 spiro atoms. The number of aromatic amines is 1. The molecule has 23 heavy (non-hydrogen) atoms. The lowest BCUT2D eigenvalue weighted by molar-refractivity contribution is 0.495. The van der Waals surface area contributed by atoms with Gasteiger partial charge in [-0.05, 0) is 49.8 Å². The quantitative estimate of drug-likeness (QED) is 0.756. The molecule has 1 N–H and O–H groups in total. The molecule has 0 aliphatic heterocycles. The highest BCUT2D eigenvalue weighted by Crippen LogP contribution is 2.35. The molecule has 0 saturated heterocycles. The van der Waals surface area contributed by atoms with E-state index in [4.69, 9.17) is 0 Å². The lowest BCUT2D eigenvalue weighted by Gasteiger charge is -2.18. The first-order chi connectivity index (χ1) is 11.1. The molecule has 120 valence electrons. The minimum absolute atomic E-state index is 0.102. The molecule has 4 nitrogen and oxygen atoms in total. The van der Waals surface area contributed by atoms with Crippen LogP contribution in [0.15, 0.2) is 12.1 Å². The maximum atomic E-state index is 14.1. The van der Waals surface area contributed by atoms with E-state index >= 15 is 0 Å². The van der Waals surface area contributed by atoms with Crippen LogP contribution in [0.25, 0.3) is 22.6 Å². The van der Waals surface area contributed by atoms with Gasteiger partial charge in [0.05, 0.1) is 11.2 Å². The van der Waals surface area contributed by atoms with Gasteiger partial charge >= 0.3 is 0 Å². The number of aryl methyl sites for hydroxylation is 1. The van der Waals surface area contributed by atoms with E-state index in [1.54, 1.807) is 0 Å². The van der Waals surface area contributed by atoms with Gasteiger partial charge in [-0.2, -0.15) is 9.19 Å². The zero-order valence-electron chi connectivity index (χ0n) is 12.9. The normalized spacial score (nSPS) is 17.7. The van der Waals surface area contributed by atoms with Gasteiger partial charge in [0.15, 0.2) is 24.0 Å². The second-order valence-corrected chi connectivity index (χ2v) is 6.78. The van der Waals surface area contributed by atoms with Crippen molar-refractivity contribution in [3.05, 3.63) is 34.8 Å². The summed E-state index contributed by atoms with van der Waals surface area (Å²) in [6.07, 6.45) is 2.66. The lowest BCUT2D eigenvalue weighted by atomic mass is 9.88. The zero-order chi connectivity index (χ0) is 16.1. The van der Waals surface area contributed by atoms with E-state index in [0.29, 0.717) is 28.5 Å². The third-order valence-corrected chi connectivity index (χ3v) is 4.89. The van der Waals surface area contributed by atoms with Crippen molar-refractivity contribution < 1.29 is 8.28 Å². The summed E-state index contributed by atoms with van der Waals surface area (Å²) in [6, 6.07) is 3.31. The predicted octanol–water partition coefficient (Wildman–Crippen LogP) is 4.38. The van der Waals surface area contributed by atoms with Crippen LogP contribution in [0.2, 0.25) is 0 Å². The van der Waals surface area contributed by atoms with Gasteiger partial charge in [-0.25, -0.2) is 9.37 Å². The van der Waals surface area contributed by atoms with Crippen molar-refractivity contribution in [2.75, 3.05) is 0 Å². The fourth-order valence-corrected chi connectivity index (χ4v) is 3.73. The maximum Gasteiger partial charge on any atom is 0.187 e. The zero-order valence-corrected chi connectivity index (χ0v) is 13.7. The summed E-state index contributed by atoms with van der Waals surface area (Å²) in [5.41, 5.74) is 4.31. The van der Waals surface area contributed by atoms with Gasteiger partial charge in [-0.3, -0.25) is 0 Å². The minimum Gasteiger partial charge on any atom is -0.336 e. The molecular formula is C16H16F2N4S. The van der Waals surface area contributed by atoms with E-state index in [-0.39, 0.29) is 18.2 Å². The first-order valence-corrected chi connectivity index (χ1v) is 8.30. The van der Waals surface area contributed by atoms with Gasteiger partial charge in [0.1, 0.15) is 11.2 Å². The molecule has 1 unspecified atom stereocenters. The number of H-pyrrole nitrogens is 1. The highest BCUT2D eigenvalue weighted by Gasteiger charge is 2.27. The molecule has 1 aliphatic rings. The molecule has 0 radical (unpaired) electrons. The smallest absolute Gasteiger partial charge is 0.187 e. The summed E-state index contributed by atoms with van der Waals surface area (Å²) in [7, 11) is 0. The molecule has 1 atom stereocenters. The molecule has 0 bridgehead atoms. The minimum atomic E-state index is -0.357. The van der Waals surface area contributed by atoms with Crippen LogP contribution in [0.1, 0.15) is 30.2 Å². The number of halogens is 2. The Bertz CT molecular complexity index is 899. The van der Waals surface area contributed by atoms with Crippen molar-refractivity contribution in [2.45, 2.75) is 33.1 Å². The molecule has 2 aromatic heterocycles. The Balaban J connectivity index is 1.91. The van der Waals surface area contributed by atoms with Crippen LogP contribution in [-0.4, -0.2) is 19.2 Å². The van der Waals surface area contributed by atoms with Crippen LogP contribution in [-0.2, 0) is 12.8 Å². The molecule has 0 amide bonds. The van der Waals surface area contributed by atoms with E-state index in [2.05, 4.69) is 22.0 Å². The summed E-state index contributed by atoms with van der Waals surface area (Å²) >= 11 is 0.102. The first kappa shape index (κ1) is 14.7. The van der Waals surface area contributed by atoms with E-state index in [1.807, 2.05) is 13.0 Å². The molecule has 0 fully saturated rings. The highest BCUT2D eigenvalue weighted by molar-refractivity contribution is 7.92. The van der Waals surface area contributed by atoms with Gasteiger partial charge in [0.25, 0.3) is 0 Å². The standard InChI is InChI=1S/C16H16F2N4S/c1-8-3-4-13-10(5-8)14(21-22(13)23-18)16-19-12-7-9(2)6-11(17)15(12)20-16/h6-8H,3-5H2,1-2H3,(H,19,20). The van der Waals surface area contributed by atoms with E-state index in [0.717, 1.165) is 36.1 Å². The molecule has 4 rings (SSSR count). The van der Waals surface area contributed by atoms with E-state index < -0.39 is 0 Å². The third-order valence-electron chi connectivity index (χ3n) is 4.46. The van der Waals surface area contributed by atoms with Crippen molar-refractivity contribution in [1.29, 1.82) is 0 Å². The topological polar surface area (TPSA) is 46.5 Å². The Hall–Kier alpha value is -1.89. The molecule has 7 heteroatoms. The van der Waals surface area contributed by atoms with Crippen molar-refractivity contribution in [1.82, 2.24) is 19.2 Å². The SMILES string of the molecule is Cc1cc(F)c2nc(-c3nn(SF)c4c3CC(C)CC4)[nH]c2c1. The highest BCUT2D eigenvalue weighted by atomic mass is 32.2. The summed E-state index contributed by atoms with van der Waals surface area (Å²) < 4.78 is 28.6. The van der Waals surface area contributed by atoms with Crippen molar-refractivity contribution >= 4 is 23.4 Å². The largest absolute Gasteiger partial charge is 0.336 e. The van der Waals surface area contributed by atoms with Gasteiger partial charge in [0.2, 0.25) is 0 Å². The molecule has 1 aromatic carbocycles. The van der Waals surface area contributed by atoms with Crippen molar-refractivity contribution in [3.63, 3.8) is 0 Å². The van der Waals surface area contributed by atoms with E-state index in [1.165, 1.54) is 10.2 Å². The number of hydrogen-bond acceptors (Lipinski definition) is 3. The molecular weight excluding hydrogens is 318 g/mol. The fraction of sp³-hybridized carbons (Fsp3) is 0.375. The van der Waals surface area contributed by atoms with Crippen LogP contribution >= 0.6 is 12.3 Å². The van der Waals surface area contributed by atoms with Crippen LogP contribution in [0, 0.1) is 18.7 Å². The molecule has 0 saturated carbocycles. The Morgan fingerprint density at radius 3 is 3.00 bits per heavy atom. The second-order valence-electron chi connectivity index (χ2n) is 6.29. The van der Waals surface area contributed by atoms with Gasteiger partial charge in [0, 0.05) is 5.56 Å². The Morgan fingerprint density at radius 1 is 1.39 bits per heavy atom. The van der Waals surface area contributed by atoms with Gasteiger partial charge in [-0.1, -0.05) is 6.92 Å². The predicted molar refractivity (Wildman–Crippen MR) is 87.3 cm³/mol. The summed E-state index contributed by atoms with van der Waals surface area (Å²) in [5.74, 6) is 0.665. The average Bonchev–Trinajstić information content (AvgIpc) is 3.07. The number of fused-ring (bicyclic) bond motifs is 2. The lowest BCUT2D eigenvalue weighted by Crippen LogP contribution is -2.12. The van der Waals surface area contributed by atoms with Crippen LogP contribution < -0.4 is 0 Å². The fourth-order valence-electron chi connectivity index (χ4n) is 3.33. The number of nitrogens with zero attached hydrogens (tertiary/aromatic N) is 3. The summed E-state index contributed by atoms with van der Waals surface area (Å²) in [5, 5.41) is 4.35. The second kappa shape index (κ2) is 5.33. The van der Waals surface area contributed by atoms with Crippen molar-refractivity contribution in [2.24, 2.45) is 5.92 Å². The van der Waals surface area contributed by atoms with E-state index in [9.17, 15) is 8.28 Å². The van der Waals surface area contributed by atoms with Crippen LogP contribution in [0.4, 0.5) is 8.28 Å². The third kappa shape index (κ3) is 2.34. The molecule has 3 aromatic rings. The van der Waals surface area contributed by atoms with Crippen molar-refractivity contribution in [3.8, 4) is 11.5 Å². The van der Waals surface area contributed by atoms with Crippen LogP contribution in [0.3, 0.4) is 0 Å². The Morgan fingerprint density at radius 2 is 2.22 bits per heavy atom. The molecule has 1 aliphatic carbocycles. The number of hydrogen-bond donors (Lipinski definition) is 1. The number of aromatic nitrogens is 4. The number of imidazole rings is 1. The van der Waals surface area contributed by atoms with Gasteiger partial charge in [-0.15, -0.1) is 3.89 Å². The first-order valence-electron chi connectivity index (χ1n) is 7.63. The average molecular weight is 334 g/mol. The maximum absolute atomic E-state index is 14.1. The number of rotatable bonds is 2.